The Kier molecular flexibility index (Phi) is 3.48. The summed E-state index contributed by atoms with van der Waals surface area (Å²) in [5.41, 5.74) is 10.6. The summed E-state index contributed by atoms with van der Waals surface area (Å²) in [5, 5.41) is 4.25. The molecule has 1 aromatic heterocycles. The zero-order chi connectivity index (χ0) is 13.4. The van der Waals surface area contributed by atoms with Gasteiger partial charge in [0, 0.05) is 12.6 Å². The molecule has 96 valence electrons. The molecule has 2 aromatic rings. The van der Waals surface area contributed by atoms with E-state index >= 15 is 0 Å². The Morgan fingerprint density at radius 3 is 2.50 bits per heavy atom. The number of anilines is 1. The number of nitrogens with zero attached hydrogens (tertiary/aromatic N) is 2. The molecule has 0 aliphatic rings. The molecule has 0 saturated heterocycles. The Balaban J connectivity index is 2.66. The van der Waals surface area contributed by atoms with Crippen molar-refractivity contribution in [2.75, 3.05) is 5.73 Å². The molecule has 4 heteroatoms. The maximum absolute atomic E-state index is 5.85. The lowest BCUT2D eigenvalue weighted by Crippen LogP contribution is -1.97. The molecule has 0 fully saturated rings. The number of nitrogens with two attached hydrogens (primary N) is 1. The Bertz CT molecular complexity index is 585. The van der Waals surface area contributed by atoms with Gasteiger partial charge in [-0.25, -0.2) is 0 Å². The number of halogens is 1. The highest BCUT2D eigenvalue weighted by atomic mass is 79.9. The average Bonchev–Trinajstić information content (AvgIpc) is 2.54. The second-order valence-electron chi connectivity index (χ2n) is 4.90. The highest BCUT2D eigenvalue weighted by Crippen LogP contribution is 2.35. The molecule has 2 rings (SSSR count). The first-order valence-corrected chi connectivity index (χ1v) is 6.80. The van der Waals surface area contributed by atoms with Gasteiger partial charge in [-0.05, 0) is 46.0 Å². The Labute approximate surface area is 116 Å². The van der Waals surface area contributed by atoms with Crippen molar-refractivity contribution in [3.8, 4) is 11.3 Å². The van der Waals surface area contributed by atoms with Crippen LogP contribution in [0.5, 0.6) is 0 Å². The molecule has 3 nitrogen and oxygen atoms in total. The van der Waals surface area contributed by atoms with Crippen LogP contribution >= 0.6 is 15.9 Å². The fourth-order valence-electron chi connectivity index (χ4n) is 2.07. The van der Waals surface area contributed by atoms with E-state index in [1.807, 2.05) is 11.7 Å². The highest BCUT2D eigenvalue weighted by molar-refractivity contribution is 9.10. The van der Waals surface area contributed by atoms with Gasteiger partial charge in [-0.15, -0.1) is 0 Å². The van der Waals surface area contributed by atoms with Gasteiger partial charge in [-0.3, -0.25) is 4.68 Å². The zero-order valence-corrected chi connectivity index (χ0v) is 12.7. The minimum atomic E-state index is 0.508. The Morgan fingerprint density at radius 2 is 2.00 bits per heavy atom. The lowest BCUT2D eigenvalue weighted by Gasteiger charge is -2.12. The summed E-state index contributed by atoms with van der Waals surface area (Å²) in [5.74, 6) is 1.04. The van der Waals surface area contributed by atoms with E-state index in [9.17, 15) is 0 Å². The van der Waals surface area contributed by atoms with Crippen LogP contribution in [0.2, 0.25) is 0 Å². The Hall–Kier alpha value is -1.29. The van der Waals surface area contributed by atoms with Crippen molar-refractivity contribution >= 4 is 21.7 Å². The van der Waals surface area contributed by atoms with Crippen LogP contribution in [0.4, 0.5) is 5.82 Å². The molecular formula is C14H18BrN3. The van der Waals surface area contributed by atoms with E-state index in [0.717, 1.165) is 10.2 Å². The number of aromatic nitrogens is 2. The number of rotatable bonds is 2. The van der Waals surface area contributed by atoms with Gasteiger partial charge < -0.3 is 5.73 Å². The van der Waals surface area contributed by atoms with E-state index in [-0.39, 0.29) is 0 Å². The predicted octanol–water partition coefficient (Wildman–Crippen LogP) is 3.86. The van der Waals surface area contributed by atoms with Crippen LogP contribution in [-0.4, -0.2) is 9.78 Å². The van der Waals surface area contributed by atoms with Crippen LogP contribution in [0.1, 0.15) is 30.9 Å². The molecule has 0 aliphatic heterocycles. The van der Waals surface area contributed by atoms with Crippen molar-refractivity contribution < 1.29 is 0 Å². The molecule has 0 aliphatic carbocycles. The molecule has 0 spiro atoms. The van der Waals surface area contributed by atoms with Crippen molar-refractivity contribution in [3.63, 3.8) is 0 Å². The predicted molar refractivity (Wildman–Crippen MR) is 79.6 cm³/mol. The van der Waals surface area contributed by atoms with Gasteiger partial charge in [0.2, 0.25) is 0 Å². The van der Waals surface area contributed by atoms with Gasteiger partial charge >= 0.3 is 0 Å². The lowest BCUT2D eigenvalue weighted by molar-refractivity contribution is 0.779. The maximum Gasteiger partial charge on any atom is 0.160 e. The van der Waals surface area contributed by atoms with E-state index in [4.69, 9.17) is 5.73 Å². The monoisotopic (exact) mass is 307 g/mol. The highest BCUT2D eigenvalue weighted by Gasteiger charge is 2.16. The minimum Gasteiger partial charge on any atom is -0.381 e. The Morgan fingerprint density at radius 1 is 1.33 bits per heavy atom. The lowest BCUT2D eigenvalue weighted by atomic mass is 9.96. The molecule has 0 unspecified atom stereocenters. The molecule has 18 heavy (non-hydrogen) atoms. The fourth-order valence-corrected chi connectivity index (χ4v) is 2.61. The average molecular weight is 308 g/mol. The van der Waals surface area contributed by atoms with Gasteiger partial charge in [0.1, 0.15) is 0 Å². The van der Waals surface area contributed by atoms with Gasteiger partial charge in [0.25, 0.3) is 0 Å². The van der Waals surface area contributed by atoms with Crippen LogP contribution < -0.4 is 5.73 Å². The summed E-state index contributed by atoms with van der Waals surface area (Å²) < 4.78 is 2.69. The van der Waals surface area contributed by atoms with E-state index in [1.165, 1.54) is 16.7 Å². The van der Waals surface area contributed by atoms with Crippen molar-refractivity contribution in [2.45, 2.75) is 26.7 Å². The number of benzene rings is 1. The van der Waals surface area contributed by atoms with Crippen molar-refractivity contribution in [1.82, 2.24) is 9.78 Å². The van der Waals surface area contributed by atoms with Crippen molar-refractivity contribution in [3.05, 3.63) is 33.8 Å². The van der Waals surface area contributed by atoms with Crippen molar-refractivity contribution in [1.29, 1.82) is 0 Å². The second kappa shape index (κ2) is 4.76. The standard InChI is InChI=1S/C14H18BrN3/c1-8(2)10-6-5-9(3)11(7-10)13-12(15)14(16)17-18(13)4/h5-8H,1-4H3,(H2,16,17). The van der Waals surface area contributed by atoms with Gasteiger partial charge in [0.15, 0.2) is 5.82 Å². The first kappa shape index (κ1) is 13.1. The molecule has 1 heterocycles. The normalized spacial score (nSPS) is 11.2. The minimum absolute atomic E-state index is 0.508. The molecule has 0 bridgehead atoms. The molecule has 0 atom stereocenters. The fraction of sp³-hybridized carbons (Fsp3) is 0.357. The summed E-state index contributed by atoms with van der Waals surface area (Å²) in [6, 6.07) is 6.55. The largest absolute Gasteiger partial charge is 0.381 e. The quantitative estimate of drug-likeness (QED) is 0.915. The summed E-state index contributed by atoms with van der Waals surface area (Å²) in [7, 11) is 1.91. The molecule has 2 N–H and O–H groups in total. The molecular weight excluding hydrogens is 290 g/mol. The van der Waals surface area contributed by atoms with Crippen molar-refractivity contribution in [2.24, 2.45) is 7.05 Å². The van der Waals surface area contributed by atoms with Crippen LogP contribution in [0.3, 0.4) is 0 Å². The number of hydrogen-bond donors (Lipinski definition) is 1. The third kappa shape index (κ3) is 2.17. The van der Waals surface area contributed by atoms with Crippen LogP contribution in [-0.2, 0) is 7.05 Å². The second-order valence-corrected chi connectivity index (χ2v) is 5.69. The third-order valence-electron chi connectivity index (χ3n) is 3.20. The topological polar surface area (TPSA) is 43.8 Å². The van der Waals surface area contributed by atoms with Gasteiger partial charge in [-0.2, -0.15) is 5.10 Å². The van der Waals surface area contributed by atoms with E-state index in [2.05, 4.69) is 60.0 Å². The van der Waals surface area contributed by atoms with Crippen LogP contribution in [0, 0.1) is 6.92 Å². The number of aryl methyl sites for hydroxylation is 2. The third-order valence-corrected chi connectivity index (χ3v) is 3.98. The molecule has 0 saturated carbocycles. The smallest absolute Gasteiger partial charge is 0.160 e. The van der Waals surface area contributed by atoms with E-state index < -0.39 is 0 Å². The maximum atomic E-state index is 5.85. The van der Waals surface area contributed by atoms with Crippen LogP contribution in [0.15, 0.2) is 22.7 Å². The van der Waals surface area contributed by atoms with Gasteiger partial charge in [-0.1, -0.05) is 26.0 Å². The summed E-state index contributed by atoms with van der Waals surface area (Å²) in [4.78, 5) is 0. The van der Waals surface area contributed by atoms with E-state index in [0.29, 0.717) is 11.7 Å². The first-order chi connectivity index (χ1) is 8.41. The first-order valence-electron chi connectivity index (χ1n) is 6.00. The molecule has 1 aromatic carbocycles. The van der Waals surface area contributed by atoms with Gasteiger partial charge in [0.05, 0.1) is 10.2 Å². The SMILES string of the molecule is Cc1ccc(C(C)C)cc1-c1c(Br)c(N)nn1C. The zero-order valence-electron chi connectivity index (χ0n) is 11.2. The molecule has 0 amide bonds. The number of hydrogen-bond acceptors (Lipinski definition) is 2. The summed E-state index contributed by atoms with van der Waals surface area (Å²) in [6.07, 6.45) is 0. The van der Waals surface area contributed by atoms with E-state index in [1.54, 1.807) is 0 Å². The molecule has 0 radical (unpaired) electrons. The number of nitrogen functional groups attached to an aromatic ring is 1. The van der Waals surface area contributed by atoms with Crippen LogP contribution in [0.25, 0.3) is 11.3 Å². The summed E-state index contributed by atoms with van der Waals surface area (Å²) in [6.45, 7) is 6.50. The summed E-state index contributed by atoms with van der Waals surface area (Å²) >= 11 is 3.53.